The van der Waals surface area contributed by atoms with Crippen LogP contribution in [0.2, 0.25) is 0 Å². The third kappa shape index (κ3) is 4.56. The van der Waals surface area contributed by atoms with Crippen LogP contribution in [0.4, 0.5) is 0 Å². The van der Waals surface area contributed by atoms with Crippen molar-refractivity contribution in [2.45, 2.75) is 33.0 Å². The average molecular weight is 376 g/mol. The molecule has 1 heterocycles. The number of rotatable bonds is 6. The van der Waals surface area contributed by atoms with Gasteiger partial charge in [0.05, 0.1) is 18.1 Å². The maximum absolute atomic E-state index is 11.9. The lowest BCUT2D eigenvalue weighted by Crippen LogP contribution is -2.28. The zero-order valence-corrected chi connectivity index (χ0v) is 15.8. The lowest BCUT2D eigenvalue weighted by molar-refractivity contribution is -0.152. The highest BCUT2D eigenvalue weighted by Gasteiger charge is 2.29. The van der Waals surface area contributed by atoms with E-state index in [9.17, 15) is 19.8 Å². The number of benzene rings is 1. The van der Waals surface area contributed by atoms with Crippen molar-refractivity contribution in [1.29, 1.82) is 0 Å². The minimum absolute atomic E-state index is 0.0948. The average Bonchev–Trinajstić information content (AvgIpc) is 2.62. The Morgan fingerprint density at radius 2 is 1.85 bits per heavy atom. The highest BCUT2D eigenvalue weighted by atomic mass is 16.5. The van der Waals surface area contributed by atoms with Crippen LogP contribution in [0.5, 0.6) is 5.75 Å². The second kappa shape index (κ2) is 7.94. The zero-order valence-electron chi connectivity index (χ0n) is 15.8. The van der Waals surface area contributed by atoms with E-state index in [-0.39, 0.29) is 29.1 Å². The van der Waals surface area contributed by atoms with E-state index in [0.29, 0.717) is 5.39 Å². The molecule has 0 spiro atoms. The molecule has 0 bridgehead atoms. The van der Waals surface area contributed by atoms with Gasteiger partial charge in [0.15, 0.2) is 0 Å². The topological polar surface area (TPSA) is 106 Å². The minimum Gasteiger partial charge on any atom is -0.496 e. The van der Waals surface area contributed by atoms with Crippen molar-refractivity contribution in [2.24, 2.45) is 5.41 Å². The van der Waals surface area contributed by atoms with Crippen molar-refractivity contribution in [3.05, 3.63) is 52.4 Å². The fourth-order valence-electron chi connectivity index (χ4n) is 2.44. The summed E-state index contributed by atoms with van der Waals surface area (Å²) in [4.78, 5) is 23.5. The normalized spacial score (nSPS) is 13.9. The molecule has 0 aliphatic carbocycles. The van der Waals surface area contributed by atoms with Crippen molar-refractivity contribution in [3.8, 4) is 5.75 Å². The smallest absolute Gasteiger partial charge is 0.336 e. The molecule has 1 aromatic carbocycles. The first-order chi connectivity index (χ1) is 12.6. The number of esters is 1. The van der Waals surface area contributed by atoms with Crippen LogP contribution in [0.3, 0.4) is 0 Å². The SMILES string of the molecule is C=C(COC(=O)C(C)(C)C)C(O)C(O)c1c(OC)ccc2ccc(=O)oc12. The quantitative estimate of drug-likeness (QED) is 0.453. The molecular formula is C20H24O7. The maximum atomic E-state index is 11.9. The Morgan fingerprint density at radius 3 is 2.44 bits per heavy atom. The van der Waals surface area contributed by atoms with Gasteiger partial charge in [-0.3, -0.25) is 4.79 Å². The molecule has 2 N–H and O–H groups in total. The van der Waals surface area contributed by atoms with Crippen LogP contribution in [-0.4, -0.2) is 36.0 Å². The number of carbonyl (C=O) groups excluding carboxylic acids is 1. The lowest BCUT2D eigenvalue weighted by Gasteiger charge is -2.23. The fraction of sp³-hybridized carbons (Fsp3) is 0.400. The molecule has 0 amide bonds. The first-order valence-corrected chi connectivity index (χ1v) is 8.38. The van der Waals surface area contributed by atoms with Crippen LogP contribution < -0.4 is 10.4 Å². The van der Waals surface area contributed by atoms with Crippen molar-refractivity contribution in [2.75, 3.05) is 13.7 Å². The van der Waals surface area contributed by atoms with Crippen LogP contribution in [0.15, 0.2) is 45.6 Å². The molecule has 2 rings (SSSR count). The number of aliphatic hydroxyl groups is 2. The van der Waals surface area contributed by atoms with E-state index < -0.39 is 29.2 Å². The molecule has 0 aliphatic rings. The Hall–Kier alpha value is -2.64. The molecular weight excluding hydrogens is 352 g/mol. The lowest BCUT2D eigenvalue weighted by atomic mass is 9.96. The molecule has 0 radical (unpaired) electrons. The van der Waals surface area contributed by atoms with E-state index >= 15 is 0 Å². The maximum Gasteiger partial charge on any atom is 0.336 e. The predicted molar refractivity (Wildman–Crippen MR) is 99.6 cm³/mol. The van der Waals surface area contributed by atoms with Crippen LogP contribution in [0.1, 0.15) is 32.4 Å². The fourth-order valence-corrected chi connectivity index (χ4v) is 2.44. The standard InChI is InChI=1S/C20H24O7/c1-11(10-26-19(24)20(2,3)4)16(22)17(23)15-13(25-5)8-6-12-7-9-14(21)27-18(12)15/h6-9,16-17,22-23H,1,10H2,2-5H3. The van der Waals surface area contributed by atoms with Gasteiger partial charge in [-0.15, -0.1) is 0 Å². The molecule has 146 valence electrons. The summed E-state index contributed by atoms with van der Waals surface area (Å²) >= 11 is 0. The molecule has 2 aromatic rings. The van der Waals surface area contributed by atoms with Gasteiger partial charge in [-0.05, 0) is 44.5 Å². The Labute approximate surface area is 156 Å². The van der Waals surface area contributed by atoms with Gasteiger partial charge in [0.25, 0.3) is 0 Å². The van der Waals surface area contributed by atoms with Crippen molar-refractivity contribution >= 4 is 16.9 Å². The van der Waals surface area contributed by atoms with E-state index in [1.165, 1.54) is 13.2 Å². The Morgan fingerprint density at radius 1 is 1.22 bits per heavy atom. The summed E-state index contributed by atoms with van der Waals surface area (Å²) in [5.41, 5.74) is -0.989. The molecule has 0 saturated carbocycles. The number of carbonyl (C=O) groups is 1. The summed E-state index contributed by atoms with van der Waals surface area (Å²) < 4.78 is 15.6. The summed E-state index contributed by atoms with van der Waals surface area (Å²) in [5, 5.41) is 21.7. The third-order valence-corrected chi connectivity index (χ3v) is 4.02. The summed E-state index contributed by atoms with van der Waals surface area (Å²) in [6, 6.07) is 6.06. The molecule has 1 aromatic heterocycles. The highest BCUT2D eigenvalue weighted by molar-refractivity contribution is 5.82. The summed E-state index contributed by atoms with van der Waals surface area (Å²) in [6.45, 7) is 8.53. The van der Waals surface area contributed by atoms with Crippen molar-refractivity contribution in [1.82, 2.24) is 0 Å². The van der Waals surface area contributed by atoms with E-state index in [1.54, 1.807) is 39.0 Å². The molecule has 2 atom stereocenters. The number of hydrogen-bond acceptors (Lipinski definition) is 7. The number of aliphatic hydroxyl groups excluding tert-OH is 2. The Balaban J connectivity index is 2.32. The first kappa shape index (κ1) is 20.7. The largest absolute Gasteiger partial charge is 0.496 e. The molecule has 0 fully saturated rings. The molecule has 7 nitrogen and oxygen atoms in total. The van der Waals surface area contributed by atoms with Gasteiger partial charge in [0.2, 0.25) is 0 Å². The number of methoxy groups -OCH3 is 1. The van der Waals surface area contributed by atoms with Gasteiger partial charge in [-0.1, -0.05) is 6.58 Å². The van der Waals surface area contributed by atoms with E-state index in [1.807, 2.05) is 0 Å². The van der Waals surface area contributed by atoms with E-state index in [0.717, 1.165) is 0 Å². The molecule has 0 saturated heterocycles. The molecule has 27 heavy (non-hydrogen) atoms. The van der Waals surface area contributed by atoms with Gasteiger partial charge in [-0.25, -0.2) is 4.79 Å². The Bertz CT molecular complexity index is 905. The van der Waals surface area contributed by atoms with Gasteiger partial charge < -0.3 is 24.1 Å². The molecule has 2 unspecified atom stereocenters. The van der Waals surface area contributed by atoms with Crippen LogP contribution >= 0.6 is 0 Å². The molecule has 0 aliphatic heterocycles. The first-order valence-electron chi connectivity index (χ1n) is 8.38. The predicted octanol–water partition coefficient (Wildman–Crippen LogP) is 2.34. The van der Waals surface area contributed by atoms with Gasteiger partial charge in [0, 0.05) is 11.5 Å². The van der Waals surface area contributed by atoms with E-state index in [2.05, 4.69) is 6.58 Å². The summed E-state index contributed by atoms with van der Waals surface area (Å²) in [7, 11) is 1.39. The van der Waals surface area contributed by atoms with Crippen molar-refractivity contribution in [3.63, 3.8) is 0 Å². The second-order valence-electron chi connectivity index (χ2n) is 7.23. The highest BCUT2D eigenvalue weighted by Crippen LogP contribution is 2.35. The molecule has 7 heteroatoms. The second-order valence-corrected chi connectivity index (χ2v) is 7.23. The number of hydrogen-bond donors (Lipinski definition) is 2. The summed E-state index contributed by atoms with van der Waals surface area (Å²) in [6.07, 6.45) is -2.97. The van der Waals surface area contributed by atoms with Crippen LogP contribution in [0.25, 0.3) is 11.0 Å². The van der Waals surface area contributed by atoms with Gasteiger partial charge in [0.1, 0.15) is 30.1 Å². The monoisotopic (exact) mass is 376 g/mol. The summed E-state index contributed by atoms with van der Waals surface area (Å²) in [5.74, 6) is -0.220. The van der Waals surface area contributed by atoms with Gasteiger partial charge in [-0.2, -0.15) is 0 Å². The zero-order chi connectivity index (χ0) is 20.4. The number of ether oxygens (including phenoxy) is 2. The third-order valence-electron chi connectivity index (χ3n) is 4.02. The minimum atomic E-state index is -1.50. The Kier molecular flexibility index (Phi) is 6.08. The van der Waals surface area contributed by atoms with Crippen molar-refractivity contribution < 1.29 is 28.9 Å². The number of fused-ring (bicyclic) bond motifs is 1. The van der Waals surface area contributed by atoms with Crippen LogP contribution in [0, 0.1) is 5.41 Å². The van der Waals surface area contributed by atoms with E-state index in [4.69, 9.17) is 13.9 Å². The van der Waals surface area contributed by atoms with Crippen LogP contribution in [-0.2, 0) is 9.53 Å². The van der Waals surface area contributed by atoms with Gasteiger partial charge >= 0.3 is 11.6 Å².